The molecule has 0 N–H and O–H groups in total. The lowest BCUT2D eigenvalue weighted by Crippen LogP contribution is -2.41. The molecule has 5 nitrogen and oxygen atoms in total. The number of carbonyl (C=O) groups is 1. The largest absolute Gasteiger partial charge is 0.465 e. The quantitative estimate of drug-likeness (QED) is 0.301. The van der Waals surface area contributed by atoms with Crippen molar-refractivity contribution >= 4 is 31.3 Å². The highest BCUT2D eigenvalue weighted by Gasteiger charge is 2.42. The average Bonchev–Trinajstić information content (AvgIpc) is 3.31. The van der Waals surface area contributed by atoms with E-state index >= 15 is 0 Å². The van der Waals surface area contributed by atoms with E-state index in [4.69, 9.17) is 18.9 Å². The molecular weight excluding hydrogens is 442 g/mol. The van der Waals surface area contributed by atoms with Crippen molar-refractivity contribution in [1.82, 2.24) is 4.98 Å². The second-order valence-electron chi connectivity index (χ2n) is 11.1. The molecule has 0 spiro atoms. The summed E-state index contributed by atoms with van der Waals surface area (Å²) >= 11 is 0. The van der Waals surface area contributed by atoms with Gasteiger partial charge in [0.15, 0.2) is 8.32 Å². The Kier molecular flexibility index (Phi) is 8.05. The van der Waals surface area contributed by atoms with Crippen LogP contribution in [0.15, 0.2) is 36.4 Å². The van der Waals surface area contributed by atoms with Gasteiger partial charge in [0.05, 0.1) is 35.9 Å². The van der Waals surface area contributed by atoms with Gasteiger partial charge in [-0.1, -0.05) is 51.1 Å². The number of pyridine rings is 1. The molecule has 3 atom stereocenters. The van der Waals surface area contributed by atoms with Crippen LogP contribution in [0.1, 0.15) is 65.3 Å². The highest BCUT2D eigenvalue weighted by molar-refractivity contribution is 6.74. The maximum absolute atomic E-state index is 12.8. The molecule has 1 aliphatic heterocycles. The van der Waals surface area contributed by atoms with E-state index in [2.05, 4.69) is 71.1 Å². The molecule has 186 valence electrons. The van der Waals surface area contributed by atoms with E-state index in [0.29, 0.717) is 19.8 Å². The fourth-order valence-electron chi connectivity index (χ4n) is 4.09. The summed E-state index contributed by atoms with van der Waals surface area (Å²) in [6.07, 6.45) is 4.78. The average molecular weight is 484 g/mol. The Bertz CT molecular complexity index is 1040. The molecule has 0 saturated carbocycles. The molecule has 3 rings (SSSR count). The Morgan fingerprint density at radius 1 is 1.24 bits per heavy atom. The molecule has 34 heavy (non-hydrogen) atoms. The van der Waals surface area contributed by atoms with Crippen LogP contribution in [0.2, 0.25) is 18.1 Å². The molecule has 6 heteroatoms. The van der Waals surface area contributed by atoms with Crippen LogP contribution in [0.5, 0.6) is 0 Å². The molecule has 2 aromatic rings. The molecule has 1 aromatic heterocycles. The Labute approximate surface area is 206 Å². The summed E-state index contributed by atoms with van der Waals surface area (Å²) < 4.78 is 17.6. The molecule has 1 fully saturated rings. The van der Waals surface area contributed by atoms with Crippen LogP contribution in [-0.2, 0) is 18.7 Å². The normalized spacial score (nSPS) is 19.9. The lowest BCUT2D eigenvalue weighted by Gasteiger charge is -2.38. The predicted molar refractivity (Wildman–Crippen MR) is 141 cm³/mol. The van der Waals surface area contributed by atoms with E-state index in [9.17, 15) is 4.79 Å². The van der Waals surface area contributed by atoms with Gasteiger partial charge in [-0.15, -0.1) is 0 Å². The van der Waals surface area contributed by atoms with Crippen LogP contribution in [0, 0.1) is 11.3 Å². The van der Waals surface area contributed by atoms with Gasteiger partial charge in [-0.3, -0.25) is 9.78 Å². The fourth-order valence-corrected chi connectivity index (χ4v) is 5.45. The molecule has 0 amide bonds. The minimum atomic E-state index is -1.90. The van der Waals surface area contributed by atoms with E-state index < -0.39 is 13.7 Å². The maximum Gasteiger partial charge on any atom is 0.316 e. The van der Waals surface area contributed by atoms with Crippen molar-refractivity contribution in [3.8, 4) is 0 Å². The highest BCUT2D eigenvalue weighted by Crippen LogP contribution is 2.40. The van der Waals surface area contributed by atoms with Gasteiger partial charge in [0.2, 0.25) is 0 Å². The van der Waals surface area contributed by atoms with Crippen molar-refractivity contribution in [2.45, 2.75) is 72.2 Å². The zero-order chi connectivity index (χ0) is 25.1. The first-order valence-corrected chi connectivity index (χ1v) is 15.3. The smallest absolute Gasteiger partial charge is 0.316 e. The summed E-state index contributed by atoms with van der Waals surface area (Å²) in [5.74, 6) is -0.0825. The minimum Gasteiger partial charge on any atom is -0.465 e. The van der Waals surface area contributed by atoms with Gasteiger partial charge in [-0.05, 0) is 63.0 Å². The molecule has 0 radical (unpaired) electrons. The second-order valence-corrected chi connectivity index (χ2v) is 15.9. The van der Waals surface area contributed by atoms with Crippen molar-refractivity contribution in [3.63, 3.8) is 0 Å². The summed E-state index contributed by atoms with van der Waals surface area (Å²) in [6, 6.07) is 10.4. The van der Waals surface area contributed by atoms with E-state index in [0.717, 1.165) is 28.6 Å². The standard InChI is InChI=1S/C28H41NO4Si/c1-9-32-26(30)28(6,23-15-17-31-19-23)16-14-21-10-11-22-12-13-24(29-25(22)18-21)20(2)33-34(7,8)27(3,4)5/h10-14,16,18,20,23H,9,15,17,19H2,1-8H3. The summed E-state index contributed by atoms with van der Waals surface area (Å²) in [5.41, 5.74) is 2.15. The number of nitrogens with zero attached hydrogens (tertiary/aromatic N) is 1. The predicted octanol–water partition coefficient (Wildman–Crippen LogP) is 6.94. The Morgan fingerprint density at radius 2 is 1.94 bits per heavy atom. The van der Waals surface area contributed by atoms with Crippen molar-refractivity contribution in [2.75, 3.05) is 19.8 Å². The topological polar surface area (TPSA) is 57.7 Å². The van der Waals surface area contributed by atoms with E-state index in [1.165, 1.54) is 0 Å². The van der Waals surface area contributed by atoms with Crippen LogP contribution >= 0.6 is 0 Å². The number of hydrogen-bond donors (Lipinski definition) is 0. The molecule has 1 aliphatic rings. The van der Waals surface area contributed by atoms with E-state index in [-0.39, 0.29) is 23.0 Å². The number of ether oxygens (including phenoxy) is 2. The van der Waals surface area contributed by atoms with Gasteiger partial charge >= 0.3 is 5.97 Å². The third-order valence-corrected chi connectivity index (χ3v) is 12.1. The van der Waals surface area contributed by atoms with Gasteiger partial charge in [0.25, 0.3) is 0 Å². The van der Waals surface area contributed by atoms with Crippen LogP contribution in [0.3, 0.4) is 0 Å². The van der Waals surface area contributed by atoms with Gasteiger partial charge in [-0.25, -0.2) is 0 Å². The van der Waals surface area contributed by atoms with Crippen LogP contribution < -0.4 is 0 Å². The number of fused-ring (bicyclic) bond motifs is 1. The van der Waals surface area contributed by atoms with Crippen molar-refractivity contribution < 1.29 is 18.7 Å². The Morgan fingerprint density at radius 3 is 2.56 bits per heavy atom. The summed E-state index contributed by atoms with van der Waals surface area (Å²) in [5, 5.41) is 1.23. The third kappa shape index (κ3) is 5.78. The van der Waals surface area contributed by atoms with Gasteiger partial charge in [0.1, 0.15) is 0 Å². The molecule has 1 saturated heterocycles. The van der Waals surface area contributed by atoms with E-state index in [1.807, 2.05) is 26.0 Å². The molecule has 0 bridgehead atoms. The SMILES string of the molecule is CCOC(=O)C(C)(C=Cc1ccc2ccc(C(C)O[Si](C)(C)C(C)(C)C)nc2c1)C1CCOC1. The van der Waals surface area contributed by atoms with Crippen molar-refractivity contribution in [2.24, 2.45) is 11.3 Å². The van der Waals surface area contributed by atoms with Gasteiger partial charge in [-0.2, -0.15) is 0 Å². The molecule has 0 aliphatic carbocycles. The van der Waals surface area contributed by atoms with Crippen LogP contribution in [-0.4, -0.2) is 39.1 Å². The number of rotatable bonds is 8. The van der Waals surface area contributed by atoms with Crippen LogP contribution in [0.25, 0.3) is 17.0 Å². The first-order chi connectivity index (χ1) is 15.9. The highest BCUT2D eigenvalue weighted by atomic mass is 28.4. The Hall–Kier alpha value is -2.02. The lowest BCUT2D eigenvalue weighted by molar-refractivity contribution is -0.154. The van der Waals surface area contributed by atoms with E-state index in [1.54, 1.807) is 0 Å². The monoisotopic (exact) mass is 483 g/mol. The number of hydrogen-bond acceptors (Lipinski definition) is 5. The first kappa shape index (κ1) is 26.6. The summed E-state index contributed by atoms with van der Waals surface area (Å²) in [7, 11) is -1.90. The zero-order valence-corrected chi connectivity index (χ0v) is 23.1. The zero-order valence-electron chi connectivity index (χ0n) is 22.1. The van der Waals surface area contributed by atoms with Crippen molar-refractivity contribution in [1.29, 1.82) is 0 Å². The number of carbonyl (C=O) groups excluding carboxylic acids is 1. The molecule has 3 unspecified atom stereocenters. The van der Waals surface area contributed by atoms with Gasteiger partial charge < -0.3 is 13.9 Å². The third-order valence-electron chi connectivity index (χ3n) is 7.55. The van der Waals surface area contributed by atoms with Crippen molar-refractivity contribution in [3.05, 3.63) is 47.7 Å². The molecular formula is C28H41NO4Si. The number of aromatic nitrogens is 1. The summed E-state index contributed by atoms with van der Waals surface area (Å²) in [6.45, 7) is 18.8. The molecule has 1 aromatic carbocycles. The lowest BCUT2D eigenvalue weighted by atomic mass is 9.76. The molecule has 2 heterocycles. The van der Waals surface area contributed by atoms with Gasteiger partial charge in [0, 0.05) is 17.9 Å². The number of esters is 1. The Balaban J connectivity index is 1.87. The first-order valence-electron chi connectivity index (χ1n) is 12.4. The maximum atomic E-state index is 12.8. The second kappa shape index (κ2) is 10.3. The van der Waals surface area contributed by atoms with Crippen LogP contribution in [0.4, 0.5) is 0 Å². The summed E-state index contributed by atoms with van der Waals surface area (Å²) in [4.78, 5) is 17.8. The minimum absolute atomic E-state index is 0.0704. The number of benzene rings is 1. The fraction of sp³-hybridized carbons (Fsp3) is 0.571.